The first-order chi connectivity index (χ1) is 12.5. The second kappa shape index (κ2) is 6.13. The Balaban J connectivity index is 2.06. The molecule has 0 aromatic heterocycles. The van der Waals surface area contributed by atoms with Gasteiger partial charge in [-0.25, -0.2) is 9.59 Å². The molecule has 4 nitrogen and oxygen atoms in total. The number of hydrogen-bond donors (Lipinski definition) is 0. The molecule has 0 amide bonds. The number of rotatable bonds is 4. The summed E-state index contributed by atoms with van der Waals surface area (Å²) in [4.78, 5) is 24.0. The maximum Gasteiger partial charge on any atom is 0.335 e. The van der Waals surface area contributed by atoms with Crippen LogP contribution in [0.5, 0.6) is 11.5 Å². The smallest absolute Gasteiger partial charge is 0.335 e. The van der Waals surface area contributed by atoms with Crippen LogP contribution in [0.25, 0.3) is 10.8 Å². The Kier molecular flexibility index (Phi) is 3.91. The van der Waals surface area contributed by atoms with Gasteiger partial charge in [-0.15, -0.1) is 0 Å². The van der Waals surface area contributed by atoms with Crippen molar-refractivity contribution in [3.8, 4) is 11.5 Å². The van der Waals surface area contributed by atoms with E-state index in [2.05, 4.69) is 13.2 Å². The normalized spacial score (nSPS) is 19.9. The zero-order valence-corrected chi connectivity index (χ0v) is 14.7. The van der Waals surface area contributed by atoms with Crippen LogP contribution in [-0.2, 0) is 9.59 Å². The van der Waals surface area contributed by atoms with Gasteiger partial charge in [0.15, 0.2) is 0 Å². The molecule has 2 aliphatic rings. The highest BCUT2D eigenvalue weighted by atomic mass is 16.5. The first-order valence-electron chi connectivity index (χ1n) is 8.82. The van der Waals surface area contributed by atoms with E-state index in [0.717, 1.165) is 46.7 Å². The van der Waals surface area contributed by atoms with Crippen molar-refractivity contribution in [3.63, 3.8) is 0 Å². The first kappa shape index (κ1) is 16.6. The zero-order valence-electron chi connectivity index (χ0n) is 14.7. The lowest BCUT2D eigenvalue weighted by Gasteiger charge is -2.24. The Morgan fingerprint density at radius 3 is 2.04 bits per heavy atom. The zero-order chi connectivity index (χ0) is 18.4. The number of carbonyl (C=O) groups excluding carboxylic acids is 2. The molecule has 0 saturated heterocycles. The van der Waals surface area contributed by atoms with Crippen LogP contribution in [0, 0.1) is 6.92 Å². The molecule has 0 spiro atoms. The molecule has 4 rings (SSSR count). The number of carbonyl (C=O) groups is 2. The molecule has 26 heavy (non-hydrogen) atoms. The van der Waals surface area contributed by atoms with Gasteiger partial charge < -0.3 is 9.47 Å². The summed E-state index contributed by atoms with van der Waals surface area (Å²) < 4.78 is 11.4. The molecule has 2 aromatic carbocycles. The molecule has 0 N–H and O–H groups in total. The molecular formula is C22H20O4. The van der Waals surface area contributed by atoms with Crippen LogP contribution in [0.3, 0.4) is 0 Å². The SMILES string of the molecule is C=CC(=O)Oc1c2c(c(OC(=O)C=C)c3cc(C)ccc13)C1CCC2C1. The standard InChI is InChI=1S/C22H20O4/c1-4-17(23)25-21-15-9-6-12(3)10-16(15)22(26-18(24)5-2)20-14-8-7-13(11-14)19(20)21/h4-6,9-10,13-14H,1-2,7-8,11H2,3H3. The summed E-state index contributed by atoms with van der Waals surface area (Å²) in [7, 11) is 0. The average molecular weight is 348 g/mol. The lowest BCUT2D eigenvalue weighted by Crippen LogP contribution is -2.12. The molecule has 2 atom stereocenters. The molecule has 4 heteroatoms. The molecule has 2 unspecified atom stereocenters. The fourth-order valence-corrected chi connectivity index (χ4v) is 4.40. The van der Waals surface area contributed by atoms with Crippen molar-refractivity contribution >= 4 is 22.7 Å². The van der Waals surface area contributed by atoms with E-state index in [-0.39, 0.29) is 0 Å². The van der Waals surface area contributed by atoms with E-state index in [1.54, 1.807) is 0 Å². The molecular weight excluding hydrogens is 328 g/mol. The van der Waals surface area contributed by atoms with E-state index in [4.69, 9.17) is 9.47 Å². The van der Waals surface area contributed by atoms with Gasteiger partial charge in [0, 0.05) is 34.1 Å². The van der Waals surface area contributed by atoms with E-state index >= 15 is 0 Å². The maximum atomic E-state index is 12.0. The average Bonchev–Trinajstić information content (AvgIpc) is 3.25. The predicted octanol–water partition coefficient (Wildman–Crippen LogP) is 4.70. The number of benzene rings is 2. The van der Waals surface area contributed by atoms with Crippen molar-refractivity contribution in [2.24, 2.45) is 0 Å². The van der Waals surface area contributed by atoms with Gasteiger partial charge in [0.2, 0.25) is 0 Å². The second-order valence-corrected chi connectivity index (χ2v) is 6.99. The lowest BCUT2D eigenvalue weighted by molar-refractivity contribution is -0.130. The molecule has 2 aromatic rings. The molecule has 0 radical (unpaired) electrons. The van der Waals surface area contributed by atoms with Crippen LogP contribution < -0.4 is 9.47 Å². The van der Waals surface area contributed by atoms with Gasteiger partial charge >= 0.3 is 11.9 Å². The van der Waals surface area contributed by atoms with E-state index < -0.39 is 11.9 Å². The minimum Gasteiger partial charge on any atom is -0.422 e. The van der Waals surface area contributed by atoms with E-state index in [1.165, 1.54) is 12.2 Å². The van der Waals surface area contributed by atoms with E-state index in [9.17, 15) is 9.59 Å². The second-order valence-electron chi connectivity index (χ2n) is 6.99. The van der Waals surface area contributed by atoms with Crippen LogP contribution >= 0.6 is 0 Å². The number of hydrogen-bond acceptors (Lipinski definition) is 4. The van der Waals surface area contributed by atoms with Crippen molar-refractivity contribution in [1.29, 1.82) is 0 Å². The highest BCUT2D eigenvalue weighted by Crippen LogP contribution is 2.61. The first-order valence-corrected chi connectivity index (χ1v) is 8.82. The highest BCUT2D eigenvalue weighted by molar-refractivity contribution is 6.01. The Morgan fingerprint density at radius 1 is 0.962 bits per heavy atom. The van der Waals surface area contributed by atoms with Gasteiger partial charge in [0.05, 0.1) is 0 Å². The van der Waals surface area contributed by atoms with Gasteiger partial charge in [-0.2, -0.15) is 0 Å². The van der Waals surface area contributed by atoms with E-state index in [0.29, 0.717) is 23.3 Å². The van der Waals surface area contributed by atoms with Crippen LogP contribution in [0.2, 0.25) is 0 Å². The van der Waals surface area contributed by atoms with Crippen molar-refractivity contribution < 1.29 is 19.1 Å². The summed E-state index contributed by atoms with van der Waals surface area (Å²) in [6.07, 6.45) is 5.46. The fraction of sp³-hybridized carbons (Fsp3) is 0.273. The number of aryl methyl sites for hydroxylation is 1. The summed E-state index contributed by atoms with van der Waals surface area (Å²) >= 11 is 0. The number of fused-ring (bicyclic) bond motifs is 6. The minimum absolute atomic E-state index is 0.328. The molecule has 0 aliphatic heterocycles. The summed E-state index contributed by atoms with van der Waals surface area (Å²) in [5, 5.41) is 1.57. The van der Waals surface area contributed by atoms with Crippen molar-refractivity contribution in [2.45, 2.75) is 38.0 Å². The predicted molar refractivity (Wildman–Crippen MR) is 99.7 cm³/mol. The topological polar surface area (TPSA) is 52.6 Å². The Hall–Kier alpha value is -2.88. The molecule has 132 valence electrons. The van der Waals surface area contributed by atoms with Crippen LogP contribution in [-0.4, -0.2) is 11.9 Å². The Labute approximate surface area is 152 Å². The quantitative estimate of drug-likeness (QED) is 0.457. The monoisotopic (exact) mass is 348 g/mol. The number of esters is 2. The molecule has 2 aliphatic carbocycles. The summed E-state index contributed by atoms with van der Waals surface area (Å²) in [6.45, 7) is 8.99. The summed E-state index contributed by atoms with van der Waals surface area (Å²) in [6, 6.07) is 5.86. The third-order valence-corrected chi connectivity index (χ3v) is 5.43. The maximum absolute atomic E-state index is 12.0. The van der Waals surface area contributed by atoms with Gasteiger partial charge in [-0.1, -0.05) is 30.9 Å². The largest absolute Gasteiger partial charge is 0.422 e. The third-order valence-electron chi connectivity index (χ3n) is 5.43. The van der Waals surface area contributed by atoms with Crippen LogP contribution in [0.1, 0.15) is 47.8 Å². The lowest BCUT2D eigenvalue weighted by atomic mass is 9.87. The van der Waals surface area contributed by atoms with Gasteiger partial charge in [-0.05, 0) is 44.1 Å². The third kappa shape index (κ3) is 2.45. The van der Waals surface area contributed by atoms with E-state index in [1.807, 2.05) is 25.1 Å². The van der Waals surface area contributed by atoms with Gasteiger partial charge in [0.25, 0.3) is 0 Å². The Morgan fingerprint density at radius 2 is 1.50 bits per heavy atom. The number of ether oxygens (including phenoxy) is 2. The molecule has 1 saturated carbocycles. The summed E-state index contributed by atoms with van der Waals surface area (Å²) in [5.74, 6) is 0.879. The molecule has 2 bridgehead atoms. The van der Waals surface area contributed by atoms with Gasteiger partial charge in [-0.3, -0.25) is 0 Å². The molecule has 0 heterocycles. The van der Waals surface area contributed by atoms with Crippen molar-refractivity contribution in [2.75, 3.05) is 0 Å². The summed E-state index contributed by atoms with van der Waals surface area (Å²) in [5.41, 5.74) is 3.07. The Bertz CT molecular complexity index is 970. The van der Waals surface area contributed by atoms with Crippen molar-refractivity contribution in [3.05, 3.63) is 60.2 Å². The van der Waals surface area contributed by atoms with Crippen LogP contribution in [0.4, 0.5) is 0 Å². The fourth-order valence-electron chi connectivity index (χ4n) is 4.40. The van der Waals surface area contributed by atoms with Crippen molar-refractivity contribution in [1.82, 2.24) is 0 Å². The van der Waals surface area contributed by atoms with Gasteiger partial charge in [0.1, 0.15) is 11.5 Å². The van der Waals surface area contributed by atoms with Crippen LogP contribution in [0.15, 0.2) is 43.5 Å². The highest BCUT2D eigenvalue weighted by Gasteiger charge is 2.43. The molecule has 1 fully saturated rings. The minimum atomic E-state index is -0.479.